The van der Waals surface area contributed by atoms with Gasteiger partial charge in [-0.25, -0.2) is 21.1 Å². The van der Waals surface area contributed by atoms with Crippen LogP contribution in [-0.2, 0) is 20.0 Å². The van der Waals surface area contributed by atoms with Crippen molar-refractivity contribution >= 4 is 31.4 Å². The number of piperidine rings is 1. The molecule has 0 aliphatic carbocycles. The molecule has 29 heavy (non-hydrogen) atoms. The fourth-order valence-electron chi connectivity index (χ4n) is 3.30. The highest BCUT2D eigenvalue weighted by atomic mass is 32.2. The minimum Gasteiger partial charge on any atom is -0.370 e. The van der Waals surface area contributed by atoms with E-state index in [1.807, 2.05) is 12.1 Å². The lowest BCUT2D eigenvalue weighted by Gasteiger charge is -2.33. The van der Waals surface area contributed by atoms with Crippen molar-refractivity contribution in [1.82, 2.24) is 4.31 Å². The lowest BCUT2D eigenvalue weighted by Crippen LogP contribution is -2.33. The zero-order valence-corrected chi connectivity index (χ0v) is 18.5. The maximum atomic E-state index is 13.0. The number of anilines is 2. The smallest absolute Gasteiger partial charge is 0.262 e. The standard InChI is InChI=1S/C20H27N3O4S2/c1-16-11-13-23(14-12-16)20-10-5-4-9-19(20)21-28(24,25)17-7-6-8-18(15-17)29(26,27)22(2)3/h4-10,15-16,21H,11-14H2,1-3H3. The molecule has 0 spiro atoms. The van der Waals surface area contributed by atoms with Crippen LogP contribution in [0.15, 0.2) is 58.3 Å². The van der Waals surface area contributed by atoms with Crippen LogP contribution in [0.25, 0.3) is 0 Å². The first-order valence-electron chi connectivity index (χ1n) is 9.50. The number of sulfonamides is 2. The Kier molecular flexibility index (Phi) is 6.21. The number of rotatable bonds is 6. The van der Waals surface area contributed by atoms with E-state index in [0.717, 1.165) is 35.9 Å². The molecule has 0 unspecified atom stereocenters. The summed E-state index contributed by atoms with van der Waals surface area (Å²) in [5.41, 5.74) is 1.32. The van der Waals surface area contributed by atoms with Crippen molar-refractivity contribution in [2.45, 2.75) is 29.6 Å². The third kappa shape index (κ3) is 4.73. The van der Waals surface area contributed by atoms with Gasteiger partial charge in [0.15, 0.2) is 0 Å². The van der Waals surface area contributed by atoms with Gasteiger partial charge in [-0.3, -0.25) is 4.72 Å². The van der Waals surface area contributed by atoms with E-state index in [0.29, 0.717) is 11.6 Å². The number of benzene rings is 2. The van der Waals surface area contributed by atoms with Crippen LogP contribution in [0.2, 0.25) is 0 Å². The van der Waals surface area contributed by atoms with E-state index in [2.05, 4.69) is 16.5 Å². The molecule has 0 radical (unpaired) electrons. The molecule has 7 nitrogen and oxygen atoms in total. The van der Waals surface area contributed by atoms with Crippen molar-refractivity contribution in [3.8, 4) is 0 Å². The van der Waals surface area contributed by atoms with E-state index in [4.69, 9.17) is 0 Å². The van der Waals surface area contributed by atoms with Crippen molar-refractivity contribution in [2.24, 2.45) is 5.92 Å². The highest BCUT2D eigenvalue weighted by molar-refractivity contribution is 7.93. The molecule has 3 rings (SSSR count). The summed E-state index contributed by atoms with van der Waals surface area (Å²) in [4.78, 5) is 2.02. The van der Waals surface area contributed by atoms with Gasteiger partial charge in [-0.05, 0) is 49.1 Å². The van der Waals surface area contributed by atoms with Crippen molar-refractivity contribution in [1.29, 1.82) is 0 Å². The van der Waals surface area contributed by atoms with Crippen molar-refractivity contribution in [3.63, 3.8) is 0 Å². The molecule has 1 aliphatic rings. The predicted octanol–water partition coefficient (Wildman–Crippen LogP) is 2.97. The van der Waals surface area contributed by atoms with Gasteiger partial charge in [-0.15, -0.1) is 0 Å². The molecule has 1 aliphatic heterocycles. The fraction of sp³-hybridized carbons (Fsp3) is 0.400. The summed E-state index contributed by atoms with van der Waals surface area (Å²) in [6.45, 7) is 3.97. The second-order valence-corrected chi connectivity index (χ2v) is 11.4. The average molecular weight is 438 g/mol. The molecule has 2 aromatic rings. The minimum atomic E-state index is -3.95. The van der Waals surface area contributed by atoms with E-state index >= 15 is 0 Å². The molecular formula is C20H27N3O4S2. The zero-order valence-electron chi connectivity index (χ0n) is 16.9. The molecule has 0 atom stereocenters. The van der Waals surface area contributed by atoms with Crippen LogP contribution < -0.4 is 9.62 Å². The predicted molar refractivity (Wildman–Crippen MR) is 115 cm³/mol. The average Bonchev–Trinajstić information content (AvgIpc) is 2.69. The maximum Gasteiger partial charge on any atom is 0.262 e. The van der Waals surface area contributed by atoms with Gasteiger partial charge < -0.3 is 4.90 Å². The van der Waals surface area contributed by atoms with E-state index in [9.17, 15) is 16.8 Å². The second-order valence-electron chi connectivity index (χ2n) is 7.55. The zero-order chi connectivity index (χ0) is 21.2. The SMILES string of the molecule is CC1CCN(c2ccccc2NS(=O)(=O)c2cccc(S(=O)(=O)N(C)C)c2)CC1. The highest BCUT2D eigenvalue weighted by Gasteiger charge is 2.24. The first-order valence-corrected chi connectivity index (χ1v) is 12.4. The highest BCUT2D eigenvalue weighted by Crippen LogP contribution is 2.31. The first-order chi connectivity index (χ1) is 13.6. The Bertz CT molecular complexity index is 1070. The van der Waals surface area contributed by atoms with Gasteiger partial charge in [0.2, 0.25) is 10.0 Å². The summed E-state index contributed by atoms with van der Waals surface area (Å²) in [6.07, 6.45) is 2.12. The van der Waals surface area contributed by atoms with Crippen LogP contribution in [0.3, 0.4) is 0 Å². The van der Waals surface area contributed by atoms with Gasteiger partial charge in [0.05, 0.1) is 21.2 Å². The van der Waals surface area contributed by atoms with Crippen LogP contribution in [0, 0.1) is 5.92 Å². The van der Waals surface area contributed by atoms with Crippen molar-refractivity contribution in [2.75, 3.05) is 36.8 Å². The molecule has 0 saturated carbocycles. The van der Waals surface area contributed by atoms with Crippen LogP contribution in [0.5, 0.6) is 0 Å². The third-order valence-electron chi connectivity index (χ3n) is 5.17. The molecule has 1 saturated heterocycles. The van der Waals surface area contributed by atoms with Crippen LogP contribution in [-0.4, -0.2) is 48.3 Å². The van der Waals surface area contributed by atoms with Gasteiger partial charge in [0.25, 0.3) is 10.0 Å². The number of nitrogens with zero attached hydrogens (tertiary/aromatic N) is 2. The Morgan fingerprint density at radius 1 is 0.931 bits per heavy atom. The number of hydrogen-bond acceptors (Lipinski definition) is 5. The van der Waals surface area contributed by atoms with Crippen molar-refractivity contribution < 1.29 is 16.8 Å². The normalized spacial score (nSPS) is 16.2. The number of hydrogen-bond donors (Lipinski definition) is 1. The van der Waals surface area contributed by atoms with Gasteiger partial charge in [0.1, 0.15) is 0 Å². The lowest BCUT2D eigenvalue weighted by atomic mass is 9.98. The monoisotopic (exact) mass is 437 g/mol. The Morgan fingerprint density at radius 3 is 2.21 bits per heavy atom. The second kappa shape index (κ2) is 8.33. The summed E-state index contributed by atoms with van der Waals surface area (Å²) in [5.74, 6) is 0.663. The largest absolute Gasteiger partial charge is 0.370 e. The van der Waals surface area contributed by atoms with Gasteiger partial charge in [0, 0.05) is 27.2 Å². The molecular weight excluding hydrogens is 410 g/mol. The molecule has 0 bridgehead atoms. The van der Waals surface area contributed by atoms with E-state index in [1.165, 1.54) is 38.4 Å². The quantitative estimate of drug-likeness (QED) is 0.751. The minimum absolute atomic E-state index is 0.0660. The van der Waals surface area contributed by atoms with Gasteiger partial charge in [-0.2, -0.15) is 0 Å². The lowest BCUT2D eigenvalue weighted by molar-refractivity contribution is 0.438. The molecule has 158 valence electrons. The van der Waals surface area contributed by atoms with Gasteiger partial charge >= 0.3 is 0 Å². The van der Waals surface area contributed by atoms with E-state index in [1.54, 1.807) is 12.1 Å². The Hall–Kier alpha value is -2.10. The first kappa shape index (κ1) is 21.6. The molecule has 2 aromatic carbocycles. The number of nitrogens with one attached hydrogen (secondary N) is 1. The molecule has 0 amide bonds. The Labute approximate surface area is 173 Å². The van der Waals surface area contributed by atoms with Crippen LogP contribution >= 0.6 is 0 Å². The summed E-state index contributed by atoms with van der Waals surface area (Å²) in [7, 11) is -4.87. The Morgan fingerprint density at radius 2 is 1.55 bits per heavy atom. The van der Waals surface area contributed by atoms with E-state index in [-0.39, 0.29) is 9.79 Å². The van der Waals surface area contributed by atoms with E-state index < -0.39 is 20.0 Å². The molecule has 1 fully saturated rings. The summed E-state index contributed by atoms with van der Waals surface area (Å²) in [5, 5.41) is 0. The molecule has 9 heteroatoms. The number of para-hydroxylation sites is 2. The Balaban J connectivity index is 1.92. The molecule has 1 N–H and O–H groups in total. The molecule has 1 heterocycles. The van der Waals surface area contributed by atoms with Crippen LogP contribution in [0.4, 0.5) is 11.4 Å². The topological polar surface area (TPSA) is 86.8 Å². The van der Waals surface area contributed by atoms with Gasteiger partial charge in [-0.1, -0.05) is 25.1 Å². The summed E-state index contributed by atoms with van der Waals surface area (Å²) < 4.78 is 54.4. The summed E-state index contributed by atoms with van der Waals surface area (Å²) >= 11 is 0. The van der Waals surface area contributed by atoms with Crippen LogP contribution in [0.1, 0.15) is 19.8 Å². The fourth-order valence-corrected chi connectivity index (χ4v) is 5.44. The maximum absolute atomic E-state index is 13.0. The summed E-state index contributed by atoms with van der Waals surface area (Å²) in [6, 6.07) is 12.7. The van der Waals surface area contributed by atoms with Crippen molar-refractivity contribution in [3.05, 3.63) is 48.5 Å². The molecule has 0 aromatic heterocycles. The third-order valence-corrected chi connectivity index (χ3v) is 8.34.